The molecule has 0 bridgehead atoms. The fraction of sp³-hybridized carbons (Fsp3) is 0.375. The highest BCUT2D eigenvalue weighted by molar-refractivity contribution is 5.92. The third-order valence-corrected chi connectivity index (χ3v) is 3.77. The quantitative estimate of drug-likeness (QED) is 0.642. The minimum Gasteiger partial charge on any atom is -0.478 e. The van der Waals surface area contributed by atoms with E-state index < -0.39 is 17.4 Å². The zero-order valence-electron chi connectivity index (χ0n) is 11.6. The Morgan fingerprint density at radius 3 is 2.33 bits per heavy atom. The summed E-state index contributed by atoms with van der Waals surface area (Å²) in [6.07, 6.45) is 6.39. The van der Waals surface area contributed by atoms with Crippen molar-refractivity contribution >= 4 is 11.9 Å². The van der Waals surface area contributed by atoms with Gasteiger partial charge in [0.05, 0.1) is 24.3 Å². The summed E-state index contributed by atoms with van der Waals surface area (Å²) in [6.45, 7) is 0.135. The van der Waals surface area contributed by atoms with Gasteiger partial charge in [-0.25, -0.2) is 9.59 Å². The zero-order chi connectivity index (χ0) is 15.3. The molecule has 1 aliphatic carbocycles. The number of hydrogen-bond donors (Lipinski definition) is 2. The highest BCUT2D eigenvalue weighted by atomic mass is 16.5. The van der Waals surface area contributed by atoms with Gasteiger partial charge in [-0.3, -0.25) is 0 Å². The van der Waals surface area contributed by atoms with Gasteiger partial charge in [0, 0.05) is 5.41 Å². The van der Waals surface area contributed by atoms with Crippen LogP contribution in [0.2, 0.25) is 0 Å². The molecule has 112 valence electrons. The van der Waals surface area contributed by atoms with Crippen molar-refractivity contribution in [1.82, 2.24) is 0 Å². The van der Waals surface area contributed by atoms with E-state index in [1.54, 1.807) is 0 Å². The van der Waals surface area contributed by atoms with Crippen molar-refractivity contribution in [1.29, 1.82) is 0 Å². The lowest BCUT2D eigenvalue weighted by Crippen LogP contribution is -2.33. The molecule has 0 aliphatic heterocycles. The third kappa shape index (κ3) is 3.70. The molecule has 0 heterocycles. The average molecular weight is 290 g/mol. The number of esters is 1. The molecule has 1 unspecified atom stereocenters. The molecule has 21 heavy (non-hydrogen) atoms. The van der Waals surface area contributed by atoms with Crippen molar-refractivity contribution in [3.63, 3.8) is 0 Å². The molecular formula is C16H18O5. The topological polar surface area (TPSA) is 83.8 Å². The fourth-order valence-corrected chi connectivity index (χ4v) is 2.31. The molecule has 1 atom stereocenters. The molecule has 5 nitrogen and oxygen atoms in total. The number of carboxylic acids is 1. The molecule has 1 aromatic carbocycles. The molecule has 0 spiro atoms. The van der Waals surface area contributed by atoms with E-state index in [2.05, 4.69) is 6.08 Å². The first-order chi connectivity index (χ1) is 10.1. The molecule has 0 saturated carbocycles. The predicted molar refractivity (Wildman–Crippen MR) is 76.2 cm³/mol. The van der Waals surface area contributed by atoms with E-state index in [1.807, 2.05) is 6.08 Å². The number of aromatic carboxylic acids is 1. The number of carbonyl (C=O) groups excluding carboxylic acids is 1. The predicted octanol–water partition coefficient (Wildman–Crippen LogP) is 2.26. The first-order valence-electron chi connectivity index (χ1n) is 6.83. The Hall–Kier alpha value is -2.14. The smallest absolute Gasteiger partial charge is 0.338 e. The van der Waals surface area contributed by atoms with Crippen molar-refractivity contribution < 1.29 is 24.5 Å². The van der Waals surface area contributed by atoms with Crippen LogP contribution in [0.3, 0.4) is 0 Å². The summed E-state index contributed by atoms with van der Waals surface area (Å²) in [5.74, 6) is -1.54. The van der Waals surface area contributed by atoms with E-state index in [0.29, 0.717) is 12.0 Å². The van der Waals surface area contributed by atoms with Crippen molar-refractivity contribution in [2.75, 3.05) is 13.2 Å². The van der Waals surface area contributed by atoms with Gasteiger partial charge < -0.3 is 14.9 Å². The normalized spacial score (nSPS) is 21.0. The number of allylic oxidation sites excluding steroid dienone is 2. The highest BCUT2D eigenvalue weighted by Gasteiger charge is 2.31. The second kappa shape index (κ2) is 6.54. The van der Waals surface area contributed by atoms with Gasteiger partial charge in [0.1, 0.15) is 0 Å². The van der Waals surface area contributed by atoms with Crippen LogP contribution in [0.15, 0.2) is 36.4 Å². The lowest BCUT2D eigenvalue weighted by Gasteiger charge is -2.32. The van der Waals surface area contributed by atoms with Crippen molar-refractivity contribution in [3.05, 3.63) is 47.5 Å². The molecule has 0 amide bonds. The largest absolute Gasteiger partial charge is 0.478 e. The highest BCUT2D eigenvalue weighted by Crippen LogP contribution is 2.32. The van der Waals surface area contributed by atoms with Gasteiger partial charge in [-0.2, -0.15) is 0 Å². The lowest BCUT2D eigenvalue weighted by atomic mass is 9.78. The fourth-order valence-electron chi connectivity index (χ4n) is 2.31. The lowest BCUT2D eigenvalue weighted by molar-refractivity contribution is 0.00626. The second-order valence-electron chi connectivity index (χ2n) is 5.33. The molecule has 1 aliphatic rings. The Bertz CT molecular complexity index is 546. The van der Waals surface area contributed by atoms with E-state index in [9.17, 15) is 14.7 Å². The summed E-state index contributed by atoms with van der Waals surface area (Å²) in [5.41, 5.74) is 0.0287. The van der Waals surface area contributed by atoms with Crippen LogP contribution >= 0.6 is 0 Å². The standard InChI is InChI=1S/C16H18O5/c17-10-16(8-2-1-3-9-16)11-21-15(20)13-6-4-12(5-7-13)14(18)19/h1-2,4-7,17H,3,8-11H2,(H,18,19). The maximum atomic E-state index is 12.0. The van der Waals surface area contributed by atoms with Crippen LogP contribution < -0.4 is 0 Å². The summed E-state index contributed by atoms with van der Waals surface area (Å²) in [6, 6.07) is 5.59. The van der Waals surface area contributed by atoms with Gasteiger partial charge in [0.2, 0.25) is 0 Å². The number of carboxylic acid groups (broad SMARTS) is 1. The maximum absolute atomic E-state index is 12.0. The zero-order valence-corrected chi connectivity index (χ0v) is 11.6. The van der Waals surface area contributed by atoms with E-state index >= 15 is 0 Å². The molecule has 1 aromatic rings. The molecule has 0 radical (unpaired) electrons. The molecule has 5 heteroatoms. The minimum absolute atomic E-state index is 0.0252. The number of rotatable bonds is 5. The van der Waals surface area contributed by atoms with Gasteiger partial charge in [0.15, 0.2) is 0 Å². The Morgan fingerprint density at radius 2 is 1.81 bits per heavy atom. The van der Waals surface area contributed by atoms with Gasteiger partial charge >= 0.3 is 11.9 Å². The Labute approximate surface area is 122 Å². The summed E-state index contributed by atoms with van der Waals surface area (Å²) >= 11 is 0. The summed E-state index contributed by atoms with van der Waals surface area (Å²) in [4.78, 5) is 22.7. The van der Waals surface area contributed by atoms with Crippen LogP contribution in [0, 0.1) is 5.41 Å². The summed E-state index contributed by atoms with van der Waals surface area (Å²) < 4.78 is 5.28. The van der Waals surface area contributed by atoms with E-state index in [0.717, 1.165) is 12.8 Å². The van der Waals surface area contributed by atoms with Gasteiger partial charge in [0.25, 0.3) is 0 Å². The van der Waals surface area contributed by atoms with Crippen LogP contribution in [0.25, 0.3) is 0 Å². The number of benzene rings is 1. The average Bonchev–Trinajstić information content (AvgIpc) is 2.53. The van der Waals surface area contributed by atoms with Gasteiger partial charge in [-0.05, 0) is 43.5 Å². The molecule has 0 saturated heterocycles. The number of hydrogen-bond acceptors (Lipinski definition) is 4. The minimum atomic E-state index is -1.04. The van der Waals surface area contributed by atoms with Gasteiger partial charge in [-0.15, -0.1) is 0 Å². The van der Waals surface area contributed by atoms with Crippen LogP contribution in [0.1, 0.15) is 40.0 Å². The first-order valence-corrected chi connectivity index (χ1v) is 6.83. The van der Waals surface area contributed by atoms with Crippen molar-refractivity contribution in [3.8, 4) is 0 Å². The van der Waals surface area contributed by atoms with Crippen LogP contribution in [0.4, 0.5) is 0 Å². The van der Waals surface area contributed by atoms with Crippen LogP contribution in [-0.4, -0.2) is 35.4 Å². The Balaban J connectivity index is 1.97. The van der Waals surface area contributed by atoms with E-state index in [-0.39, 0.29) is 18.8 Å². The third-order valence-electron chi connectivity index (χ3n) is 3.77. The molecule has 2 N–H and O–H groups in total. The van der Waals surface area contributed by atoms with Crippen molar-refractivity contribution in [2.24, 2.45) is 5.41 Å². The Morgan fingerprint density at radius 1 is 1.14 bits per heavy atom. The van der Waals surface area contributed by atoms with E-state index in [1.165, 1.54) is 24.3 Å². The SMILES string of the molecule is O=C(O)c1ccc(C(=O)OCC2(CO)CC=CCC2)cc1. The number of aliphatic hydroxyl groups excluding tert-OH is 1. The van der Waals surface area contributed by atoms with Crippen molar-refractivity contribution in [2.45, 2.75) is 19.3 Å². The maximum Gasteiger partial charge on any atom is 0.338 e. The molecular weight excluding hydrogens is 272 g/mol. The van der Waals surface area contributed by atoms with E-state index in [4.69, 9.17) is 9.84 Å². The Kier molecular flexibility index (Phi) is 4.75. The number of carbonyl (C=O) groups is 2. The molecule has 2 rings (SSSR count). The number of ether oxygens (including phenoxy) is 1. The second-order valence-corrected chi connectivity index (χ2v) is 5.33. The monoisotopic (exact) mass is 290 g/mol. The summed E-state index contributed by atoms with van der Waals surface area (Å²) in [7, 11) is 0. The molecule has 0 aromatic heterocycles. The van der Waals surface area contributed by atoms with Crippen LogP contribution in [0.5, 0.6) is 0 Å². The molecule has 0 fully saturated rings. The number of aliphatic hydroxyl groups is 1. The van der Waals surface area contributed by atoms with Crippen LogP contribution in [-0.2, 0) is 4.74 Å². The van der Waals surface area contributed by atoms with Gasteiger partial charge in [-0.1, -0.05) is 12.2 Å². The first kappa shape index (κ1) is 15.3. The summed E-state index contributed by atoms with van der Waals surface area (Å²) in [5, 5.41) is 18.3.